The Morgan fingerprint density at radius 2 is 2.00 bits per heavy atom. The van der Waals surface area contributed by atoms with Crippen molar-refractivity contribution < 1.29 is 4.74 Å². The normalized spacial score (nSPS) is 25.6. The van der Waals surface area contributed by atoms with Crippen molar-refractivity contribution in [3.63, 3.8) is 0 Å². The number of hydrogen-bond acceptors (Lipinski definition) is 2. The van der Waals surface area contributed by atoms with Crippen LogP contribution < -0.4 is 5.73 Å². The molecule has 0 amide bonds. The zero-order chi connectivity index (χ0) is 11.4. The van der Waals surface area contributed by atoms with Gasteiger partial charge in [0.25, 0.3) is 0 Å². The third kappa shape index (κ3) is 3.06. The van der Waals surface area contributed by atoms with E-state index in [-0.39, 0.29) is 12.1 Å². The Labute approximate surface area is 105 Å². The second-order valence-electron chi connectivity index (χ2n) is 4.39. The van der Waals surface area contributed by atoms with Gasteiger partial charge in [0, 0.05) is 10.5 Å². The first-order valence-corrected chi connectivity index (χ1v) is 6.67. The lowest BCUT2D eigenvalue weighted by Crippen LogP contribution is -2.39. The molecule has 1 fully saturated rings. The smallest absolute Gasteiger partial charge is 0.0732 e. The summed E-state index contributed by atoms with van der Waals surface area (Å²) in [7, 11) is 0. The van der Waals surface area contributed by atoms with E-state index < -0.39 is 0 Å². The van der Waals surface area contributed by atoms with Gasteiger partial charge in [0.15, 0.2) is 0 Å². The lowest BCUT2D eigenvalue weighted by Gasteiger charge is -2.28. The zero-order valence-corrected chi connectivity index (χ0v) is 10.9. The first-order chi connectivity index (χ1) is 7.77. The van der Waals surface area contributed by atoms with E-state index in [2.05, 4.69) is 22.0 Å². The summed E-state index contributed by atoms with van der Waals surface area (Å²) in [5, 5.41) is 0. The van der Waals surface area contributed by atoms with Crippen molar-refractivity contribution in [3.05, 3.63) is 34.3 Å². The molecule has 2 N–H and O–H groups in total. The summed E-state index contributed by atoms with van der Waals surface area (Å²) in [6.07, 6.45) is 4.93. The minimum atomic E-state index is 0.219. The SMILES string of the molecule is NC1CCCCC1OCc1ccccc1Br. The van der Waals surface area contributed by atoms with Crippen LogP contribution in [0.1, 0.15) is 31.2 Å². The highest BCUT2D eigenvalue weighted by atomic mass is 79.9. The number of nitrogens with two attached hydrogens (primary N) is 1. The van der Waals surface area contributed by atoms with Crippen molar-refractivity contribution in [2.24, 2.45) is 5.73 Å². The summed E-state index contributed by atoms with van der Waals surface area (Å²) in [4.78, 5) is 0. The lowest BCUT2D eigenvalue weighted by molar-refractivity contribution is 0.00380. The highest BCUT2D eigenvalue weighted by Gasteiger charge is 2.22. The van der Waals surface area contributed by atoms with Gasteiger partial charge in [-0.2, -0.15) is 0 Å². The predicted octanol–water partition coefficient (Wildman–Crippen LogP) is 3.24. The molecule has 2 rings (SSSR count). The zero-order valence-electron chi connectivity index (χ0n) is 9.36. The third-order valence-corrected chi connectivity index (χ3v) is 3.94. The number of hydrogen-bond donors (Lipinski definition) is 1. The van der Waals surface area contributed by atoms with E-state index in [1.165, 1.54) is 18.4 Å². The molecule has 2 unspecified atom stereocenters. The van der Waals surface area contributed by atoms with E-state index in [1.807, 2.05) is 18.2 Å². The molecule has 0 bridgehead atoms. The van der Waals surface area contributed by atoms with E-state index in [9.17, 15) is 0 Å². The van der Waals surface area contributed by atoms with Gasteiger partial charge < -0.3 is 10.5 Å². The lowest BCUT2D eigenvalue weighted by atomic mass is 9.93. The average Bonchev–Trinajstić information content (AvgIpc) is 2.30. The maximum absolute atomic E-state index is 6.04. The molecule has 16 heavy (non-hydrogen) atoms. The molecule has 2 atom stereocenters. The first-order valence-electron chi connectivity index (χ1n) is 5.88. The van der Waals surface area contributed by atoms with Crippen LogP contribution in [0.5, 0.6) is 0 Å². The largest absolute Gasteiger partial charge is 0.372 e. The topological polar surface area (TPSA) is 35.2 Å². The highest BCUT2D eigenvalue weighted by Crippen LogP contribution is 2.23. The molecule has 1 aliphatic carbocycles. The standard InChI is InChI=1S/C13H18BrNO/c14-11-6-2-1-5-10(11)9-16-13-8-4-3-7-12(13)15/h1-2,5-6,12-13H,3-4,7-9,15H2. The Balaban J connectivity index is 1.89. The van der Waals surface area contributed by atoms with Crippen LogP contribution in [0.4, 0.5) is 0 Å². The summed E-state index contributed by atoms with van der Waals surface area (Å²) in [5.41, 5.74) is 7.24. The van der Waals surface area contributed by atoms with Crippen LogP contribution in [0, 0.1) is 0 Å². The quantitative estimate of drug-likeness (QED) is 0.924. The van der Waals surface area contributed by atoms with Gasteiger partial charge >= 0.3 is 0 Å². The van der Waals surface area contributed by atoms with Crippen LogP contribution in [-0.2, 0) is 11.3 Å². The maximum Gasteiger partial charge on any atom is 0.0732 e. The second kappa shape index (κ2) is 5.80. The second-order valence-corrected chi connectivity index (χ2v) is 5.24. The summed E-state index contributed by atoms with van der Waals surface area (Å²) in [5.74, 6) is 0. The van der Waals surface area contributed by atoms with Crippen LogP contribution in [0.3, 0.4) is 0 Å². The molecule has 2 nitrogen and oxygen atoms in total. The number of benzene rings is 1. The van der Waals surface area contributed by atoms with Crippen molar-refractivity contribution >= 4 is 15.9 Å². The molecular weight excluding hydrogens is 266 g/mol. The molecule has 3 heteroatoms. The molecule has 1 aromatic rings. The number of ether oxygens (including phenoxy) is 1. The molecule has 0 spiro atoms. The Morgan fingerprint density at radius 1 is 1.25 bits per heavy atom. The summed E-state index contributed by atoms with van der Waals surface area (Å²) in [6, 6.07) is 8.39. The van der Waals surface area contributed by atoms with Crippen molar-refractivity contribution in [3.8, 4) is 0 Å². The van der Waals surface area contributed by atoms with Gasteiger partial charge in [0.1, 0.15) is 0 Å². The van der Waals surface area contributed by atoms with E-state index >= 15 is 0 Å². The molecule has 1 saturated carbocycles. The summed E-state index contributed by atoms with van der Waals surface area (Å²) >= 11 is 3.53. The molecule has 1 aromatic carbocycles. The highest BCUT2D eigenvalue weighted by molar-refractivity contribution is 9.10. The fraction of sp³-hybridized carbons (Fsp3) is 0.538. The summed E-state index contributed by atoms with van der Waals surface area (Å²) < 4.78 is 7.02. The molecule has 0 radical (unpaired) electrons. The van der Waals surface area contributed by atoms with Gasteiger partial charge in [-0.3, -0.25) is 0 Å². The van der Waals surface area contributed by atoms with Crippen molar-refractivity contribution in [1.82, 2.24) is 0 Å². The molecule has 88 valence electrons. The van der Waals surface area contributed by atoms with Gasteiger partial charge in [0.2, 0.25) is 0 Å². The van der Waals surface area contributed by atoms with Crippen molar-refractivity contribution in [2.75, 3.05) is 0 Å². The van der Waals surface area contributed by atoms with Crippen LogP contribution in [0.15, 0.2) is 28.7 Å². The molecule has 0 heterocycles. The van der Waals surface area contributed by atoms with E-state index in [4.69, 9.17) is 10.5 Å². The van der Waals surface area contributed by atoms with Gasteiger partial charge in [0.05, 0.1) is 12.7 Å². The fourth-order valence-electron chi connectivity index (χ4n) is 2.14. The fourth-order valence-corrected chi connectivity index (χ4v) is 2.54. The van der Waals surface area contributed by atoms with Crippen molar-refractivity contribution in [2.45, 2.75) is 44.4 Å². The van der Waals surface area contributed by atoms with E-state index in [0.717, 1.165) is 17.3 Å². The minimum absolute atomic E-state index is 0.219. The number of rotatable bonds is 3. The van der Waals surface area contributed by atoms with Crippen LogP contribution in [0.25, 0.3) is 0 Å². The predicted molar refractivity (Wildman–Crippen MR) is 69.2 cm³/mol. The molecular formula is C13H18BrNO. The van der Waals surface area contributed by atoms with E-state index in [1.54, 1.807) is 0 Å². The van der Waals surface area contributed by atoms with Crippen LogP contribution in [-0.4, -0.2) is 12.1 Å². The minimum Gasteiger partial charge on any atom is -0.372 e. The molecule has 0 saturated heterocycles. The van der Waals surface area contributed by atoms with Gasteiger partial charge in [-0.05, 0) is 24.5 Å². The monoisotopic (exact) mass is 283 g/mol. The molecule has 0 aromatic heterocycles. The Hall–Kier alpha value is -0.380. The first kappa shape index (κ1) is 12.1. The molecule has 0 aliphatic heterocycles. The maximum atomic E-state index is 6.04. The van der Waals surface area contributed by atoms with E-state index in [0.29, 0.717) is 6.61 Å². The van der Waals surface area contributed by atoms with Crippen molar-refractivity contribution in [1.29, 1.82) is 0 Å². The van der Waals surface area contributed by atoms with Crippen LogP contribution in [0.2, 0.25) is 0 Å². The van der Waals surface area contributed by atoms with Gasteiger partial charge in [-0.1, -0.05) is 47.0 Å². The Morgan fingerprint density at radius 3 is 2.75 bits per heavy atom. The Kier molecular flexibility index (Phi) is 4.38. The van der Waals surface area contributed by atoms with Crippen LogP contribution >= 0.6 is 15.9 Å². The van der Waals surface area contributed by atoms with Gasteiger partial charge in [-0.25, -0.2) is 0 Å². The summed E-state index contributed by atoms with van der Waals surface area (Å²) in [6.45, 7) is 0.653. The average molecular weight is 284 g/mol. The Bertz CT molecular complexity index is 342. The van der Waals surface area contributed by atoms with Gasteiger partial charge in [-0.15, -0.1) is 0 Å². The molecule has 1 aliphatic rings. The third-order valence-electron chi connectivity index (χ3n) is 3.16. The number of halogens is 1.